The largest absolute Gasteiger partial charge is 0.508 e. The summed E-state index contributed by atoms with van der Waals surface area (Å²) >= 11 is 0. The molecule has 2 unspecified atom stereocenters. The van der Waals surface area contributed by atoms with Crippen molar-refractivity contribution in [2.45, 2.75) is 39.8 Å². The Hall–Kier alpha value is -1.02. The molecule has 0 aliphatic carbocycles. The second-order valence-corrected chi connectivity index (χ2v) is 4.51. The summed E-state index contributed by atoms with van der Waals surface area (Å²) in [6, 6.07) is 8.19. The first-order chi connectivity index (χ1) is 7.00. The van der Waals surface area contributed by atoms with Crippen molar-refractivity contribution < 1.29 is 5.11 Å². The quantitative estimate of drug-likeness (QED) is 0.795. The normalized spacial score (nSPS) is 15.3. The maximum absolute atomic E-state index is 9.19. The molecule has 2 nitrogen and oxygen atoms in total. The van der Waals surface area contributed by atoms with Gasteiger partial charge in [-0.1, -0.05) is 26.0 Å². The molecule has 84 valence electrons. The summed E-state index contributed by atoms with van der Waals surface area (Å²) in [6.45, 7) is 8.76. The van der Waals surface area contributed by atoms with Crippen LogP contribution in [0.3, 0.4) is 0 Å². The monoisotopic (exact) mass is 207 g/mol. The zero-order valence-corrected chi connectivity index (χ0v) is 9.99. The van der Waals surface area contributed by atoms with Gasteiger partial charge in [0.1, 0.15) is 5.75 Å². The Balaban J connectivity index is 2.61. The van der Waals surface area contributed by atoms with Crippen molar-refractivity contribution in [1.82, 2.24) is 5.32 Å². The molecule has 0 aliphatic heterocycles. The van der Waals surface area contributed by atoms with Crippen molar-refractivity contribution in [3.05, 3.63) is 29.8 Å². The number of nitrogens with one attached hydrogen (secondary N) is 1. The van der Waals surface area contributed by atoms with Crippen molar-refractivity contribution in [3.8, 4) is 5.75 Å². The lowest BCUT2D eigenvalue weighted by molar-refractivity contribution is 0.388. The van der Waals surface area contributed by atoms with E-state index in [-0.39, 0.29) is 0 Å². The van der Waals surface area contributed by atoms with E-state index in [9.17, 15) is 5.11 Å². The van der Waals surface area contributed by atoms with Gasteiger partial charge in [0.05, 0.1) is 0 Å². The Kier molecular flexibility index (Phi) is 4.15. The Labute approximate surface area is 92.3 Å². The van der Waals surface area contributed by atoms with Crippen LogP contribution in [0, 0.1) is 5.92 Å². The van der Waals surface area contributed by atoms with Gasteiger partial charge in [0.15, 0.2) is 0 Å². The zero-order valence-electron chi connectivity index (χ0n) is 9.99. The van der Waals surface area contributed by atoms with Gasteiger partial charge in [-0.2, -0.15) is 0 Å². The maximum atomic E-state index is 9.19. The standard InChI is InChI=1S/C13H21NO/c1-9(2)10(3)14-11(4)12-5-7-13(15)8-6-12/h5-11,14-15H,1-4H3. The molecule has 1 rings (SSSR count). The molecule has 2 heteroatoms. The van der Waals surface area contributed by atoms with Crippen LogP contribution in [0.2, 0.25) is 0 Å². The van der Waals surface area contributed by atoms with Crippen molar-refractivity contribution in [2.24, 2.45) is 5.92 Å². The third-order valence-electron chi connectivity index (χ3n) is 2.91. The van der Waals surface area contributed by atoms with Crippen LogP contribution in [0.25, 0.3) is 0 Å². The molecule has 0 bridgehead atoms. The number of rotatable bonds is 4. The first-order valence-corrected chi connectivity index (χ1v) is 5.55. The van der Waals surface area contributed by atoms with Gasteiger partial charge >= 0.3 is 0 Å². The number of aromatic hydroxyl groups is 1. The van der Waals surface area contributed by atoms with Gasteiger partial charge in [0, 0.05) is 12.1 Å². The molecule has 2 N–H and O–H groups in total. The van der Waals surface area contributed by atoms with E-state index in [4.69, 9.17) is 0 Å². The molecule has 0 saturated heterocycles. The van der Waals surface area contributed by atoms with E-state index in [1.165, 1.54) is 5.56 Å². The van der Waals surface area contributed by atoms with Crippen molar-refractivity contribution >= 4 is 0 Å². The second-order valence-electron chi connectivity index (χ2n) is 4.51. The van der Waals surface area contributed by atoms with Gasteiger partial charge in [0.2, 0.25) is 0 Å². The van der Waals surface area contributed by atoms with E-state index in [1.807, 2.05) is 12.1 Å². The highest BCUT2D eigenvalue weighted by Gasteiger charge is 2.11. The van der Waals surface area contributed by atoms with Crippen molar-refractivity contribution in [2.75, 3.05) is 0 Å². The number of hydrogen-bond acceptors (Lipinski definition) is 2. The number of hydrogen-bond donors (Lipinski definition) is 2. The first kappa shape index (κ1) is 12.1. The minimum absolute atomic E-state index is 0.322. The Morgan fingerprint density at radius 3 is 2.00 bits per heavy atom. The van der Waals surface area contributed by atoms with E-state index >= 15 is 0 Å². The lowest BCUT2D eigenvalue weighted by Gasteiger charge is -2.23. The molecule has 0 spiro atoms. The van der Waals surface area contributed by atoms with Gasteiger partial charge in [-0.15, -0.1) is 0 Å². The van der Waals surface area contributed by atoms with Gasteiger partial charge in [0.25, 0.3) is 0 Å². The van der Waals surface area contributed by atoms with E-state index in [0.29, 0.717) is 23.8 Å². The Morgan fingerprint density at radius 2 is 1.53 bits per heavy atom. The van der Waals surface area contributed by atoms with Crippen LogP contribution < -0.4 is 5.32 Å². The van der Waals surface area contributed by atoms with E-state index < -0.39 is 0 Å². The van der Waals surface area contributed by atoms with E-state index in [0.717, 1.165) is 0 Å². The topological polar surface area (TPSA) is 32.3 Å². The predicted octanol–water partition coefficient (Wildman–Crippen LogP) is 3.09. The highest BCUT2D eigenvalue weighted by molar-refractivity contribution is 5.27. The smallest absolute Gasteiger partial charge is 0.115 e. The fourth-order valence-electron chi connectivity index (χ4n) is 1.45. The van der Waals surface area contributed by atoms with Crippen molar-refractivity contribution in [1.29, 1.82) is 0 Å². The van der Waals surface area contributed by atoms with Crippen LogP contribution in [0.4, 0.5) is 0 Å². The fraction of sp³-hybridized carbons (Fsp3) is 0.538. The average molecular weight is 207 g/mol. The van der Waals surface area contributed by atoms with Gasteiger partial charge < -0.3 is 10.4 Å². The molecule has 0 saturated carbocycles. The van der Waals surface area contributed by atoms with E-state index in [1.54, 1.807) is 12.1 Å². The minimum atomic E-state index is 0.322. The third-order valence-corrected chi connectivity index (χ3v) is 2.91. The first-order valence-electron chi connectivity index (χ1n) is 5.55. The Bertz CT molecular complexity index is 292. The predicted molar refractivity (Wildman–Crippen MR) is 64.0 cm³/mol. The highest BCUT2D eigenvalue weighted by atomic mass is 16.3. The summed E-state index contributed by atoms with van der Waals surface area (Å²) in [4.78, 5) is 0. The molecule has 1 aromatic carbocycles. The number of phenolic OH excluding ortho intramolecular Hbond substituents is 1. The maximum Gasteiger partial charge on any atom is 0.115 e. The fourth-order valence-corrected chi connectivity index (χ4v) is 1.45. The molecule has 0 amide bonds. The van der Waals surface area contributed by atoms with Gasteiger partial charge in [-0.3, -0.25) is 0 Å². The van der Waals surface area contributed by atoms with Crippen LogP contribution in [-0.4, -0.2) is 11.1 Å². The molecule has 2 atom stereocenters. The SMILES string of the molecule is CC(NC(C)C(C)C)c1ccc(O)cc1. The summed E-state index contributed by atoms with van der Waals surface area (Å²) < 4.78 is 0. The summed E-state index contributed by atoms with van der Waals surface area (Å²) in [5, 5.41) is 12.7. The zero-order chi connectivity index (χ0) is 11.4. The van der Waals surface area contributed by atoms with Crippen LogP contribution in [0.5, 0.6) is 5.75 Å². The molecule has 1 aromatic rings. The van der Waals surface area contributed by atoms with E-state index in [2.05, 4.69) is 33.0 Å². The number of phenols is 1. The second kappa shape index (κ2) is 5.17. The lowest BCUT2D eigenvalue weighted by atomic mass is 10.0. The molecule has 0 radical (unpaired) electrons. The average Bonchev–Trinajstić information content (AvgIpc) is 2.18. The van der Waals surface area contributed by atoms with Crippen LogP contribution in [0.1, 0.15) is 39.3 Å². The molecule has 0 aromatic heterocycles. The van der Waals surface area contributed by atoms with Crippen LogP contribution >= 0.6 is 0 Å². The lowest BCUT2D eigenvalue weighted by Crippen LogP contribution is -2.32. The number of benzene rings is 1. The molecule has 0 aliphatic rings. The summed E-state index contributed by atoms with van der Waals surface area (Å²) in [5.41, 5.74) is 1.21. The third kappa shape index (κ3) is 3.56. The van der Waals surface area contributed by atoms with Crippen LogP contribution in [-0.2, 0) is 0 Å². The summed E-state index contributed by atoms with van der Waals surface area (Å²) in [6.07, 6.45) is 0. The molecule has 15 heavy (non-hydrogen) atoms. The molecular weight excluding hydrogens is 186 g/mol. The van der Waals surface area contributed by atoms with Gasteiger partial charge in [-0.25, -0.2) is 0 Å². The molecule has 0 fully saturated rings. The summed E-state index contributed by atoms with van der Waals surface area (Å²) in [5.74, 6) is 0.951. The molecular formula is C13H21NO. The molecule has 0 heterocycles. The van der Waals surface area contributed by atoms with Crippen molar-refractivity contribution in [3.63, 3.8) is 0 Å². The van der Waals surface area contributed by atoms with Crippen LogP contribution in [0.15, 0.2) is 24.3 Å². The minimum Gasteiger partial charge on any atom is -0.508 e. The summed E-state index contributed by atoms with van der Waals surface area (Å²) in [7, 11) is 0. The highest BCUT2D eigenvalue weighted by Crippen LogP contribution is 2.17. The van der Waals surface area contributed by atoms with Gasteiger partial charge in [-0.05, 0) is 37.5 Å². The Morgan fingerprint density at radius 1 is 1.00 bits per heavy atom.